The predicted molar refractivity (Wildman–Crippen MR) is 188 cm³/mol. The normalized spacial score (nSPS) is 18.2. The van der Waals surface area contributed by atoms with Crippen LogP contribution < -0.4 is 15.4 Å². The van der Waals surface area contributed by atoms with Gasteiger partial charge in [0.1, 0.15) is 11.5 Å². The molecular formula is C40H41N3O5. The van der Waals surface area contributed by atoms with Gasteiger partial charge in [0.2, 0.25) is 0 Å². The molecule has 246 valence electrons. The Bertz CT molecular complexity index is 1750. The third-order valence-corrected chi connectivity index (χ3v) is 8.56. The molecule has 0 spiro atoms. The number of urea groups is 1. The largest absolute Gasteiger partial charge is 0.457 e. The maximum Gasteiger partial charge on any atom is 0.323 e. The quantitative estimate of drug-likeness (QED) is 0.133. The Morgan fingerprint density at radius 1 is 0.792 bits per heavy atom. The molecule has 0 bridgehead atoms. The van der Waals surface area contributed by atoms with Crippen LogP contribution in [0.4, 0.5) is 16.2 Å². The van der Waals surface area contributed by atoms with Gasteiger partial charge < -0.3 is 30.0 Å². The Kier molecular flexibility index (Phi) is 10.8. The van der Waals surface area contributed by atoms with Crippen LogP contribution in [0.15, 0.2) is 133 Å². The number of benzene rings is 5. The summed E-state index contributed by atoms with van der Waals surface area (Å²) in [6.45, 7) is 2.89. The number of anilines is 2. The smallest absolute Gasteiger partial charge is 0.323 e. The van der Waals surface area contributed by atoms with E-state index in [1.54, 1.807) is 12.1 Å². The van der Waals surface area contributed by atoms with E-state index in [4.69, 9.17) is 14.2 Å². The summed E-state index contributed by atoms with van der Waals surface area (Å²) >= 11 is 0. The van der Waals surface area contributed by atoms with Gasteiger partial charge in [-0.05, 0) is 79.2 Å². The van der Waals surface area contributed by atoms with Crippen molar-refractivity contribution >= 4 is 17.4 Å². The molecule has 0 aromatic heterocycles. The molecule has 0 radical (unpaired) electrons. The number of rotatable bonds is 11. The van der Waals surface area contributed by atoms with E-state index in [0.717, 1.165) is 22.4 Å². The van der Waals surface area contributed by atoms with E-state index < -0.39 is 6.29 Å². The third-order valence-electron chi connectivity index (χ3n) is 8.56. The molecule has 1 fully saturated rings. The second-order valence-corrected chi connectivity index (χ2v) is 12.0. The zero-order valence-electron chi connectivity index (χ0n) is 27.2. The van der Waals surface area contributed by atoms with Crippen LogP contribution in [0.25, 0.3) is 0 Å². The number of para-hydroxylation sites is 1. The summed E-state index contributed by atoms with van der Waals surface area (Å²) in [5.41, 5.74) is 5.17. The number of carbonyl (C=O) groups is 1. The van der Waals surface area contributed by atoms with Crippen molar-refractivity contribution in [1.82, 2.24) is 4.90 Å². The lowest BCUT2D eigenvalue weighted by molar-refractivity contribution is -0.253. The fourth-order valence-corrected chi connectivity index (χ4v) is 5.79. The average Bonchev–Trinajstić information content (AvgIpc) is 3.13. The van der Waals surface area contributed by atoms with Gasteiger partial charge in [-0.3, -0.25) is 4.90 Å². The molecule has 5 aromatic carbocycles. The lowest BCUT2D eigenvalue weighted by Gasteiger charge is -2.39. The van der Waals surface area contributed by atoms with Crippen LogP contribution >= 0.6 is 0 Å². The van der Waals surface area contributed by atoms with Gasteiger partial charge in [-0.1, -0.05) is 84.9 Å². The molecule has 8 heteroatoms. The first kappa shape index (κ1) is 32.9. The molecule has 3 N–H and O–H groups in total. The first-order valence-corrected chi connectivity index (χ1v) is 16.2. The number of likely N-dealkylation sites (N-methyl/N-ethyl adjacent to an activating group) is 1. The minimum atomic E-state index is -0.645. The van der Waals surface area contributed by atoms with E-state index in [1.807, 2.05) is 97.1 Å². The summed E-state index contributed by atoms with van der Waals surface area (Å²) in [7, 11) is 2.11. The Hall–Kier alpha value is -4.99. The zero-order chi connectivity index (χ0) is 33.3. The Morgan fingerprint density at radius 3 is 2.17 bits per heavy atom. The predicted octanol–water partition coefficient (Wildman–Crippen LogP) is 8.85. The molecule has 8 nitrogen and oxygen atoms in total. The minimum absolute atomic E-state index is 0.0102. The second-order valence-electron chi connectivity index (χ2n) is 12.0. The Labute approximate surface area is 281 Å². The molecule has 1 aliphatic heterocycles. The van der Waals surface area contributed by atoms with Crippen molar-refractivity contribution in [1.29, 1.82) is 0 Å². The highest BCUT2D eigenvalue weighted by Crippen LogP contribution is 2.39. The monoisotopic (exact) mass is 643 g/mol. The number of aliphatic hydroxyl groups is 1. The van der Waals surface area contributed by atoms with Crippen LogP contribution in [0.5, 0.6) is 11.5 Å². The van der Waals surface area contributed by atoms with E-state index in [1.165, 1.54) is 5.56 Å². The molecule has 5 aromatic rings. The molecule has 1 heterocycles. The molecule has 48 heavy (non-hydrogen) atoms. The highest BCUT2D eigenvalue weighted by atomic mass is 16.7. The number of hydrogen-bond acceptors (Lipinski definition) is 6. The average molecular weight is 644 g/mol. The summed E-state index contributed by atoms with van der Waals surface area (Å²) in [6.07, 6.45) is -0.295. The molecule has 0 aliphatic carbocycles. The first-order valence-electron chi connectivity index (χ1n) is 16.2. The molecule has 1 saturated heterocycles. The van der Waals surface area contributed by atoms with E-state index in [2.05, 4.69) is 53.8 Å². The van der Waals surface area contributed by atoms with E-state index in [0.29, 0.717) is 30.1 Å². The highest BCUT2D eigenvalue weighted by Gasteiger charge is 2.33. The van der Waals surface area contributed by atoms with Crippen molar-refractivity contribution in [3.63, 3.8) is 0 Å². The number of ether oxygens (including phenoxy) is 3. The minimum Gasteiger partial charge on any atom is -0.457 e. The maximum absolute atomic E-state index is 12.9. The Balaban J connectivity index is 1.13. The van der Waals surface area contributed by atoms with Gasteiger partial charge in [-0.2, -0.15) is 0 Å². The van der Waals surface area contributed by atoms with Crippen molar-refractivity contribution in [2.75, 3.05) is 24.2 Å². The van der Waals surface area contributed by atoms with Gasteiger partial charge in [0.15, 0.2) is 6.29 Å². The van der Waals surface area contributed by atoms with Crippen LogP contribution in [-0.2, 0) is 16.1 Å². The summed E-state index contributed by atoms with van der Waals surface area (Å²) in [6, 6.07) is 42.4. The Morgan fingerprint density at radius 2 is 1.46 bits per heavy atom. The van der Waals surface area contributed by atoms with Gasteiger partial charge in [-0.25, -0.2) is 4.79 Å². The van der Waals surface area contributed by atoms with E-state index in [-0.39, 0.29) is 30.9 Å². The van der Waals surface area contributed by atoms with Gasteiger partial charge in [0.05, 0.1) is 18.8 Å². The fraction of sp³-hybridized carbons (Fsp3) is 0.225. The SMILES string of the molecule is CC(c1ccccc1)N(C)CC1CC(c2ccc(CO)cc2)OC(c2cccc(NC(=O)Nc3ccc(Oc4ccccc4)cc3)c2)O1. The van der Waals surface area contributed by atoms with Crippen molar-refractivity contribution in [3.05, 3.63) is 156 Å². The lowest BCUT2D eigenvalue weighted by Crippen LogP contribution is -2.38. The summed E-state index contributed by atoms with van der Waals surface area (Å²) in [5.74, 6) is 1.42. The number of carbonyl (C=O) groups excluding carboxylic acids is 1. The van der Waals surface area contributed by atoms with Crippen LogP contribution in [0.3, 0.4) is 0 Å². The topological polar surface area (TPSA) is 92.3 Å². The van der Waals surface area contributed by atoms with Gasteiger partial charge >= 0.3 is 6.03 Å². The van der Waals surface area contributed by atoms with Crippen molar-refractivity contribution < 1.29 is 24.1 Å². The van der Waals surface area contributed by atoms with Crippen LogP contribution in [-0.4, -0.2) is 35.7 Å². The standard InChI is InChI=1S/C40H41N3O5/c1-28(30-10-5-3-6-11-30)43(2)26-37-25-38(31-18-16-29(27-44)17-19-31)48-39(47-37)32-12-9-13-34(24-32)42-40(45)41-33-20-22-36(23-21-33)46-35-14-7-4-8-15-35/h3-24,28,37-39,44H,25-27H2,1-2H3,(H2,41,42,45). The molecule has 2 amide bonds. The van der Waals surface area contributed by atoms with Crippen LogP contribution in [0.2, 0.25) is 0 Å². The summed E-state index contributed by atoms with van der Waals surface area (Å²) in [4.78, 5) is 15.3. The second kappa shape index (κ2) is 15.7. The molecule has 4 atom stereocenters. The fourth-order valence-electron chi connectivity index (χ4n) is 5.79. The summed E-state index contributed by atoms with van der Waals surface area (Å²) < 4.78 is 19.0. The molecule has 1 aliphatic rings. The molecule has 0 saturated carbocycles. The number of hydrogen-bond donors (Lipinski definition) is 3. The molecule has 6 rings (SSSR count). The lowest BCUT2D eigenvalue weighted by atomic mass is 9.99. The van der Waals surface area contributed by atoms with Crippen molar-refractivity contribution in [2.24, 2.45) is 0 Å². The molecular weight excluding hydrogens is 602 g/mol. The first-order chi connectivity index (χ1) is 23.4. The van der Waals surface area contributed by atoms with E-state index in [9.17, 15) is 9.90 Å². The number of aliphatic hydroxyl groups excluding tert-OH is 1. The zero-order valence-corrected chi connectivity index (χ0v) is 27.2. The van der Waals surface area contributed by atoms with Gasteiger partial charge in [0, 0.05) is 35.9 Å². The number of nitrogens with one attached hydrogen (secondary N) is 2. The van der Waals surface area contributed by atoms with Crippen molar-refractivity contribution in [2.45, 2.75) is 44.5 Å². The number of nitrogens with zero attached hydrogens (tertiary/aromatic N) is 1. The van der Waals surface area contributed by atoms with Gasteiger partial charge in [0.25, 0.3) is 0 Å². The highest BCUT2D eigenvalue weighted by molar-refractivity contribution is 5.99. The third kappa shape index (κ3) is 8.67. The molecule has 4 unspecified atom stereocenters. The van der Waals surface area contributed by atoms with Crippen LogP contribution in [0, 0.1) is 0 Å². The van der Waals surface area contributed by atoms with Crippen LogP contribution in [0.1, 0.15) is 54.0 Å². The number of amides is 2. The van der Waals surface area contributed by atoms with Gasteiger partial charge in [-0.15, -0.1) is 0 Å². The van der Waals surface area contributed by atoms with E-state index >= 15 is 0 Å². The summed E-state index contributed by atoms with van der Waals surface area (Å²) in [5, 5.41) is 15.4. The maximum atomic E-state index is 12.9. The van der Waals surface area contributed by atoms with Crippen molar-refractivity contribution in [3.8, 4) is 11.5 Å².